The predicted octanol–water partition coefficient (Wildman–Crippen LogP) is 3.46. The van der Waals surface area contributed by atoms with E-state index in [0.717, 1.165) is 24.5 Å². The first-order chi connectivity index (χ1) is 10.2. The van der Waals surface area contributed by atoms with E-state index in [4.69, 9.17) is 0 Å². The van der Waals surface area contributed by atoms with Crippen LogP contribution in [0.15, 0.2) is 48.7 Å². The summed E-state index contributed by atoms with van der Waals surface area (Å²) in [7, 11) is 0. The molecule has 0 saturated carbocycles. The Bertz CT molecular complexity index is 582. The fourth-order valence-corrected chi connectivity index (χ4v) is 3.07. The molecule has 3 nitrogen and oxygen atoms in total. The number of likely N-dealkylation sites (tertiary alicyclic amines) is 1. The summed E-state index contributed by atoms with van der Waals surface area (Å²) < 4.78 is 0. The lowest BCUT2D eigenvalue weighted by atomic mass is 10.1. The van der Waals surface area contributed by atoms with Gasteiger partial charge in [0.1, 0.15) is 0 Å². The number of nitrogens with one attached hydrogen (secondary N) is 1. The lowest BCUT2D eigenvalue weighted by Gasteiger charge is -2.26. The Morgan fingerprint density at radius 2 is 2.00 bits per heavy atom. The summed E-state index contributed by atoms with van der Waals surface area (Å²) in [4.78, 5) is 6.91. The molecule has 1 N–H and O–H groups in total. The molecule has 1 aromatic heterocycles. The van der Waals surface area contributed by atoms with E-state index in [-0.39, 0.29) is 0 Å². The van der Waals surface area contributed by atoms with Crippen LogP contribution in [0.3, 0.4) is 0 Å². The highest BCUT2D eigenvalue weighted by atomic mass is 15.2. The Hall–Kier alpha value is -1.87. The molecule has 3 heteroatoms. The Morgan fingerprint density at radius 1 is 1.19 bits per heavy atom. The smallest absolute Gasteiger partial charge is 0.0603 e. The molecular weight excluding hydrogens is 258 g/mol. The van der Waals surface area contributed by atoms with Crippen LogP contribution in [0, 0.1) is 6.92 Å². The van der Waals surface area contributed by atoms with E-state index in [2.05, 4.69) is 65.4 Å². The number of nitrogens with zero attached hydrogens (tertiary/aromatic N) is 2. The summed E-state index contributed by atoms with van der Waals surface area (Å²) in [6, 6.07) is 15.9. The first kappa shape index (κ1) is 14.1. The summed E-state index contributed by atoms with van der Waals surface area (Å²) in [6.45, 7) is 6.56. The third kappa shape index (κ3) is 3.24. The van der Waals surface area contributed by atoms with Gasteiger partial charge in [-0.3, -0.25) is 9.88 Å². The third-order valence-corrected chi connectivity index (χ3v) is 4.46. The van der Waals surface area contributed by atoms with Crippen molar-refractivity contribution in [2.45, 2.75) is 38.9 Å². The number of hydrogen-bond acceptors (Lipinski definition) is 3. The largest absolute Gasteiger partial charge is 0.379 e. The third-order valence-electron chi connectivity index (χ3n) is 4.46. The minimum Gasteiger partial charge on any atom is -0.379 e. The van der Waals surface area contributed by atoms with Gasteiger partial charge in [-0.1, -0.05) is 30.3 Å². The number of pyridine rings is 1. The Kier molecular flexibility index (Phi) is 4.20. The number of rotatable bonds is 4. The number of aryl methyl sites for hydroxylation is 1. The van der Waals surface area contributed by atoms with Crippen molar-refractivity contribution in [2.75, 3.05) is 11.9 Å². The molecule has 1 fully saturated rings. The van der Waals surface area contributed by atoms with E-state index in [9.17, 15) is 0 Å². The fraction of sp³-hybridized carbons (Fsp3) is 0.389. The van der Waals surface area contributed by atoms with E-state index >= 15 is 0 Å². The van der Waals surface area contributed by atoms with Crippen molar-refractivity contribution < 1.29 is 0 Å². The molecule has 1 aromatic carbocycles. The molecule has 0 bridgehead atoms. The van der Waals surface area contributed by atoms with Crippen LogP contribution in [-0.2, 0) is 6.54 Å². The molecule has 21 heavy (non-hydrogen) atoms. The molecule has 0 amide bonds. The van der Waals surface area contributed by atoms with Gasteiger partial charge in [-0.15, -0.1) is 0 Å². The number of benzene rings is 1. The second-order valence-corrected chi connectivity index (χ2v) is 5.87. The van der Waals surface area contributed by atoms with Gasteiger partial charge in [0.2, 0.25) is 0 Å². The monoisotopic (exact) mass is 281 g/mol. The van der Waals surface area contributed by atoms with Crippen LogP contribution in [0.2, 0.25) is 0 Å². The molecular formula is C18H23N3. The first-order valence-electron chi connectivity index (χ1n) is 7.70. The second kappa shape index (κ2) is 6.27. The maximum absolute atomic E-state index is 4.36. The zero-order valence-electron chi connectivity index (χ0n) is 12.8. The molecule has 110 valence electrons. The van der Waals surface area contributed by atoms with Crippen molar-refractivity contribution in [2.24, 2.45) is 0 Å². The van der Waals surface area contributed by atoms with Crippen LogP contribution in [0.5, 0.6) is 0 Å². The molecule has 0 spiro atoms. The molecule has 1 saturated heterocycles. The van der Waals surface area contributed by atoms with Crippen LogP contribution in [0.4, 0.5) is 5.69 Å². The summed E-state index contributed by atoms with van der Waals surface area (Å²) in [5, 5.41) is 3.67. The second-order valence-electron chi connectivity index (χ2n) is 5.87. The van der Waals surface area contributed by atoms with Crippen LogP contribution in [0.1, 0.15) is 24.6 Å². The number of anilines is 1. The maximum atomic E-state index is 4.36. The SMILES string of the molecule is Cc1ncccc1NC1CCN(Cc2ccccc2)C1C. The summed E-state index contributed by atoms with van der Waals surface area (Å²) in [6.07, 6.45) is 3.03. The molecule has 3 rings (SSSR count). The van der Waals surface area contributed by atoms with Crippen LogP contribution < -0.4 is 5.32 Å². The van der Waals surface area contributed by atoms with E-state index in [1.807, 2.05) is 12.3 Å². The molecule has 2 aromatic rings. The van der Waals surface area contributed by atoms with E-state index in [1.54, 1.807) is 0 Å². The van der Waals surface area contributed by atoms with Crippen molar-refractivity contribution in [1.82, 2.24) is 9.88 Å². The molecule has 0 aliphatic carbocycles. The van der Waals surface area contributed by atoms with E-state index in [1.165, 1.54) is 12.0 Å². The molecule has 0 radical (unpaired) electrons. The van der Waals surface area contributed by atoms with Gasteiger partial charge in [0.05, 0.1) is 11.4 Å². The Morgan fingerprint density at radius 3 is 2.76 bits per heavy atom. The summed E-state index contributed by atoms with van der Waals surface area (Å²) >= 11 is 0. The normalized spacial score (nSPS) is 22.4. The zero-order chi connectivity index (χ0) is 14.7. The maximum Gasteiger partial charge on any atom is 0.0603 e. The Labute approximate surface area is 127 Å². The average molecular weight is 281 g/mol. The van der Waals surface area contributed by atoms with E-state index < -0.39 is 0 Å². The minimum absolute atomic E-state index is 0.497. The predicted molar refractivity (Wildman–Crippen MR) is 87.3 cm³/mol. The van der Waals surface area contributed by atoms with Gasteiger partial charge >= 0.3 is 0 Å². The van der Waals surface area contributed by atoms with Gasteiger partial charge in [-0.25, -0.2) is 0 Å². The van der Waals surface area contributed by atoms with Gasteiger partial charge in [0.25, 0.3) is 0 Å². The van der Waals surface area contributed by atoms with Gasteiger partial charge in [-0.2, -0.15) is 0 Å². The van der Waals surface area contributed by atoms with Crippen molar-refractivity contribution in [3.05, 3.63) is 59.9 Å². The van der Waals surface area contributed by atoms with Crippen molar-refractivity contribution in [3.63, 3.8) is 0 Å². The van der Waals surface area contributed by atoms with Gasteiger partial charge in [0, 0.05) is 31.4 Å². The lowest BCUT2D eigenvalue weighted by molar-refractivity contribution is 0.255. The minimum atomic E-state index is 0.497. The molecule has 1 aliphatic heterocycles. The molecule has 2 heterocycles. The summed E-state index contributed by atoms with van der Waals surface area (Å²) in [5.74, 6) is 0. The lowest BCUT2D eigenvalue weighted by Crippen LogP contribution is -2.35. The summed E-state index contributed by atoms with van der Waals surface area (Å²) in [5.41, 5.74) is 3.63. The zero-order valence-corrected chi connectivity index (χ0v) is 12.8. The van der Waals surface area contributed by atoms with Crippen molar-refractivity contribution >= 4 is 5.69 Å². The van der Waals surface area contributed by atoms with Gasteiger partial charge in [0.15, 0.2) is 0 Å². The average Bonchev–Trinajstić information content (AvgIpc) is 2.84. The molecule has 2 atom stereocenters. The van der Waals surface area contributed by atoms with Crippen LogP contribution >= 0.6 is 0 Å². The van der Waals surface area contributed by atoms with Crippen LogP contribution in [-0.4, -0.2) is 28.5 Å². The van der Waals surface area contributed by atoms with Gasteiger partial charge < -0.3 is 5.32 Å². The molecule has 2 unspecified atom stereocenters. The highest BCUT2D eigenvalue weighted by molar-refractivity contribution is 5.48. The quantitative estimate of drug-likeness (QED) is 0.930. The first-order valence-corrected chi connectivity index (χ1v) is 7.70. The highest BCUT2D eigenvalue weighted by Crippen LogP contribution is 2.24. The van der Waals surface area contributed by atoms with Crippen molar-refractivity contribution in [3.8, 4) is 0 Å². The fourth-order valence-electron chi connectivity index (χ4n) is 3.07. The Balaban J connectivity index is 1.64. The van der Waals surface area contributed by atoms with E-state index in [0.29, 0.717) is 12.1 Å². The van der Waals surface area contributed by atoms with Crippen LogP contribution in [0.25, 0.3) is 0 Å². The van der Waals surface area contributed by atoms with Gasteiger partial charge in [-0.05, 0) is 38.0 Å². The molecule has 1 aliphatic rings. The number of aromatic nitrogens is 1. The highest BCUT2D eigenvalue weighted by Gasteiger charge is 2.30. The topological polar surface area (TPSA) is 28.2 Å². The van der Waals surface area contributed by atoms with Crippen molar-refractivity contribution in [1.29, 1.82) is 0 Å². The number of hydrogen-bond donors (Lipinski definition) is 1. The standard InChI is InChI=1S/C18H23N3/c1-14-17(9-6-11-19-14)20-18-10-12-21(15(18)2)13-16-7-4-3-5-8-16/h3-9,11,15,18,20H,10,12-13H2,1-2H3.